The van der Waals surface area contributed by atoms with Gasteiger partial charge in [0.05, 0.1) is 17.7 Å². The first-order valence-electron chi connectivity index (χ1n) is 4.41. The van der Waals surface area contributed by atoms with E-state index in [4.69, 9.17) is 17.3 Å². The van der Waals surface area contributed by atoms with Gasteiger partial charge < -0.3 is 10.1 Å². The molecule has 0 aliphatic carbocycles. The Bertz CT molecular complexity index is 463. The van der Waals surface area contributed by atoms with Gasteiger partial charge in [-0.25, -0.2) is 9.97 Å². The quantitative estimate of drug-likeness (QED) is 0.810. The van der Waals surface area contributed by atoms with Crippen molar-refractivity contribution >= 4 is 17.1 Å². The topological polar surface area (TPSA) is 56.2 Å². The molecule has 2 aromatic rings. The molecular formula is C9H11ClN4. The van der Waals surface area contributed by atoms with Gasteiger partial charge in [0.25, 0.3) is 0 Å². The summed E-state index contributed by atoms with van der Waals surface area (Å²) in [5.41, 5.74) is 8.12. The second-order valence-corrected chi connectivity index (χ2v) is 3.52. The van der Waals surface area contributed by atoms with E-state index in [1.165, 1.54) is 0 Å². The highest BCUT2D eigenvalue weighted by Gasteiger charge is 2.08. The molecule has 2 N–H and O–H groups in total. The van der Waals surface area contributed by atoms with Gasteiger partial charge in [-0.3, -0.25) is 0 Å². The number of halogens is 1. The van der Waals surface area contributed by atoms with Crippen molar-refractivity contribution in [3.63, 3.8) is 0 Å². The maximum Gasteiger partial charge on any atom is 0.155 e. The van der Waals surface area contributed by atoms with Crippen LogP contribution in [0, 0.1) is 6.92 Å². The first-order chi connectivity index (χ1) is 6.72. The highest BCUT2D eigenvalue weighted by atomic mass is 35.5. The molecule has 0 radical (unpaired) electrons. The van der Waals surface area contributed by atoms with Crippen LogP contribution in [0.4, 0.5) is 0 Å². The summed E-state index contributed by atoms with van der Waals surface area (Å²) in [4.78, 5) is 8.43. The highest BCUT2D eigenvalue weighted by Crippen LogP contribution is 2.19. The minimum Gasteiger partial charge on any atom is -0.330 e. The van der Waals surface area contributed by atoms with Crippen LogP contribution in [0.2, 0.25) is 5.15 Å². The average molecular weight is 211 g/mol. The fraction of sp³-hybridized carbons (Fsp3) is 0.333. The molecule has 5 heteroatoms. The molecule has 0 fully saturated rings. The van der Waals surface area contributed by atoms with E-state index in [-0.39, 0.29) is 0 Å². The van der Waals surface area contributed by atoms with Crippen LogP contribution in [0.1, 0.15) is 11.4 Å². The zero-order valence-corrected chi connectivity index (χ0v) is 8.62. The number of fused-ring (bicyclic) bond motifs is 1. The number of aryl methyl sites for hydroxylation is 1. The van der Waals surface area contributed by atoms with Gasteiger partial charge in [-0.2, -0.15) is 0 Å². The van der Waals surface area contributed by atoms with Crippen molar-refractivity contribution in [3.05, 3.63) is 29.1 Å². The molecule has 0 aliphatic heterocycles. The molecule has 2 rings (SSSR count). The number of imidazole rings is 1. The van der Waals surface area contributed by atoms with Crippen molar-refractivity contribution in [2.45, 2.75) is 13.3 Å². The van der Waals surface area contributed by atoms with E-state index in [2.05, 4.69) is 9.97 Å². The summed E-state index contributed by atoms with van der Waals surface area (Å²) in [6, 6.07) is 0. The van der Waals surface area contributed by atoms with Crippen LogP contribution in [0.3, 0.4) is 0 Å². The van der Waals surface area contributed by atoms with E-state index >= 15 is 0 Å². The van der Waals surface area contributed by atoms with Crippen LogP contribution >= 0.6 is 11.6 Å². The van der Waals surface area contributed by atoms with Crippen molar-refractivity contribution in [1.29, 1.82) is 0 Å². The third kappa shape index (κ3) is 1.47. The second kappa shape index (κ2) is 3.55. The van der Waals surface area contributed by atoms with E-state index in [9.17, 15) is 0 Å². The number of hydrogen-bond acceptors (Lipinski definition) is 3. The molecule has 2 aromatic heterocycles. The van der Waals surface area contributed by atoms with Gasteiger partial charge in [0, 0.05) is 12.6 Å². The molecule has 0 aliphatic rings. The largest absolute Gasteiger partial charge is 0.330 e. The maximum absolute atomic E-state index is 6.03. The van der Waals surface area contributed by atoms with Gasteiger partial charge in [-0.15, -0.1) is 0 Å². The minimum atomic E-state index is 0.492. The Balaban J connectivity index is 2.66. The molecule has 0 atom stereocenters. The number of nitrogens with two attached hydrogens (primary N) is 1. The predicted octanol–water partition coefficient (Wildman–Crippen LogP) is 1.19. The molecule has 2 heterocycles. The summed E-state index contributed by atoms with van der Waals surface area (Å²) in [6.07, 6.45) is 4.36. The lowest BCUT2D eigenvalue weighted by Gasteiger charge is -2.00. The van der Waals surface area contributed by atoms with Crippen LogP contribution in [-0.4, -0.2) is 20.9 Å². The Morgan fingerprint density at radius 1 is 1.57 bits per heavy atom. The van der Waals surface area contributed by atoms with Crippen molar-refractivity contribution < 1.29 is 0 Å². The summed E-state index contributed by atoms with van der Waals surface area (Å²) in [5.74, 6) is 0. The smallest absolute Gasteiger partial charge is 0.155 e. The van der Waals surface area contributed by atoms with Crippen LogP contribution in [-0.2, 0) is 6.42 Å². The molecule has 0 spiro atoms. The number of hydrogen-bond donors (Lipinski definition) is 1. The molecule has 4 nitrogen and oxygen atoms in total. The first kappa shape index (κ1) is 9.43. The van der Waals surface area contributed by atoms with E-state index in [1.807, 2.05) is 17.5 Å². The monoisotopic (exact) mass is 210 g/mol. The predicted molar refractivity (Wildman–Crippen MR) is 55.5 cm³/mol. The van der Waals surface area contributed by atoms with Crippen LogP contribution in [0.5, 0.6) is 0 Å². The Morgan fingerprint density at radius 2 is 2.36 bits per heavy atom. The van der Waals surface area contributed by atoms with Crippen molar-refractivity contribution in [1.82, 2.24) is 14.4 Å². The first-order valence-corrected chi connectivity index (χ1v) is 4.79. The standard InChI is InChI=1S/C9H11ClN4/c1-6-4-14-5-12-7(2-3-11)8(14)9(10)13-6/h4-5H,2-3,11H2,1H3. The van der Waals surface area contributed by atoms with Crippen molar-refractivity contribution in [2.24, 2.45) is 5.73 Å². The maximum atomic E-state index is 6.03. The molecule has 0 saturated heterocycles. The average Bonchev–Trinajstić information content (AvgIpc) is 2.49. The van der Waals surface area contributed by atoms with Crippen molar-refractivity contribution in [2.75, 3.05) is 6.54 Å². The lowest BCUT2D eigenvalue weighted by Crippen LogP contribution is -2.03. The van der Waals surface area contributed by atoms with E-state index in [0.717, 1.165) is 23.3 Å². The van der Waals surface area contributed by atoms with E-state index in [0.29, 0.717) is 11.7 Å². The normalized spacial score (nSPS) is 11.1. The van der Waals surface area contributed by atoms with Gasteiger partial charge in [-0.05, 0) is 13.5 Å². The number of nitrogens with zero attached hydrogens (tertiary/aromatic N) is 3. The molecule has 0 aromatic carbocycles. The van der Waals surface area contributed by atoms with Gasteiger partial charge in [0.15, 0.2) is 5.15 Å². The molecule has 74 valence electrons. The molecule has 14 heavy (non-hydrogen) atoms. The van der Waals surface area contributed by atoms with Gasteiger partial charge >= 0.3 is 0 Å². The van der Waals surface area contributed by atoms with E-state index in [1.54, 1.807) is 6.33 Å². The summed E-state index contributed by atoms with van der Waals surface area (Å²) in [7, 11) is 0. The van der Waals surface area contributed by atoms with Crippen LogP contribution in [0.15, 0.2) is 12.5 Å². The lowest BCUT2D eigenvalue weighted by molar-refractivity contribution is 0.942. The highest BCUT2D eigenvalue weighted by molar-refractivity contribution is 6.32. The van der Waals surface area contributed by atoms with Gasteiger partial charge in [-0.1, -0.05) is 11.6 Å². The summed E-state index contributed by atoms with van der Waals surface area (Å²) >= 11 is 6.03. The van der Waals surface area contributed by atoms with E-state index < -0.39 is 0 Å². The SMILES string of the molecule is Cc1cn2cnc(CCN)c2c(Cl)n1. The lowest BCUT2D eigenvalue weighted by atomic mass is 10.3. The Labute approximate surface area is 86.7 Å². The minimum absolute atomic E-state index is 0.492. The molecule has 0 saturated carbocycles. The van der Waals surface area contributed by atoms with Crippen molar-refractivity contribution in [3.8, 4) is 0 Å². The van der Waals surface area contributed by atoms with Crippen LogP contribution < -0.4 is 5.73 Å². The zero-order valence-electron chi connectivity index (χ0n) is 7.87. The molecular weight excluding hydrogens is 200 g/mol. The third-order valence-corrected chi connectivity index (χ3v) is 2.31. The van der Waals surface area contributed by atoms with Gasteiger partial charge in [0.1, 0.15) is 5.52 Å². The fourth-order valence-corrected chi connectivity index (χ4v) is 1.82. The second-order valence-electron chi connectivity index (χ2n) is 3.16. The Kier molecular flexibility index (Phi) is 2.39. The summed E-state index contributed by atoms with van der Waals surface area (Å²) < 4.78 is 1.88. The molecule has 0 amide bonds. The Morgan fingerprint density at radius 3 is 3.07 bits per heavy atom. The molecule has 0 bridgehead atoms. The Hall–Kier alpha value is -1.13. The van der Waals surface area contributed by atoms with Crippen LogP contribution in [0.25, 0.3) is 5.52 Å². The third-order valence-electron chi connectivity index (χ3n) is 2.05. The zero-order chi connectivity index (χ0) is 10.1. The number of rotatable bonds is 2. The number of aromatic nitrogens is 3. The van der Waals surface area contributed by atoms with Gasteiger partial charge in [0.2, 0.25) is 0 Å². The summed E-state index contributed by atoms with van der Waals surface area (Å²) in [6.45, 7) is 2.46. The fourth-order valence-electron chi connectivity index (χ4n) is 1.48. The summed E-state index contributed by atoms with van der Waals surface area (Å²) in [5, 5.41) is 0.492. The molecule has 0 unspecified atom stereocenters.